The van der Waals surface area contributed by atoms with Crippen LogP contribution >= 0.6 is 0 Å². The van der Waals surface area contributed by atoms with Gasteiger partial charge in [-0.15, -0.1) is 0 Å². The number of hydrogen-bond donors (Lipinski definition) is 12. The number of aliphatic hydroxyl groups excluding tert-OH is 11. The molecular weight excluding hydrogens is 1380 g/mol. The molecule has 0 aromatic heterocycles. The topological polar surface area (TPSA) is 307 Å². The first-order chi connectivity index (χ1) is 53.3. The zero-order chi connectivity index (χ0) is 78.8. The van der Waals surface area contributed by atoms with Crippen molar-refractivity contribution in [3.63, 3.8) is 0 Å². The molecule has 12 N–H and O–H groups in total. The Morgan fingerprint density at radius 2 is 0.633 bits per heavy atom. The number of ether oxygens (including phenoxy) is 6. The van der Waals surface area contributed by atoms with E-state index in [0.717, 1.165) is 116 Å². The molecule has 3 fully saturated rings. The number of amides is 1. The minimum absolute atomic E-state index is 0.194. The van der Waals surface area contributed by atoms with Gasteiger partial charge in [-0.25, -0.2) is 0 Å². The van der Waals surface area contributed by atoms with Crippen LogP contribution in [0.3, 0.4) is 0 Å². The number of nitrogens with one attached hydrogen (secondary N) is 1. The number of hydrogen-bond acceptors (Lipinski definition) is 18. The highest BCUT2D eigenvalue weighted by atomic mass is 16.8. The Bertz CT molecular complexity index is 2540. The maximum Gasteiger partial charge on any atom is 0.220 e. The monoisotopic (exact) mass is 1530 g/mol. The van der Waals surface area contributed by atoms with E-state index in [9.17, 15) is 61.0 Å². The van der Waals surface area contributed by atoms with Crippen LogP contribution in [0.5, 0.6) is 0 Å². The minimum atomic E-state index is -1.99. The molecule has 0 saturated carbocycles. The molecule has 0 radical (unpaired) electrons. The average molecular weight is 1540 g/mol. The highest BCUT2D eigenvalue weighted by Gasteiger charge is 2.54. The highest BCUT2D eigenvalue weighted by Crippen LogP contribution is 2.33. The van der Waals surface area contributed by atoms with Gasteiger partial charge in [-0.05, 0) is 103 Å². The number of allylic oxidation sites excluding steroid dienone is 23. The van der Waals surface area contributed by atoms with Crippen molar-refractivity contribution in [1.29, 1.82) is 0 Å². The zero-order valence-corrected chi connectivity index (χ0v) is 67.0. The Balaban J connectivity index is 1.38. The smallest absolute Gasteiger partial charge is 0.220 e. The molecule has 17 atom stereocenters. The van der Waals surface area contributed by atoms with Gasteiger partial charge in [-0.2, -0.15) is 0 Å². The Morgan fingerprint density at radius 1 is 0.339 bits per heavy atom. The molecule has 0 aliphatic carbocycles. The van der Waals surface area contributed by atoms with Crippen molar-refractivity contribution in [1.82, 2.24) is 5.32 Å². The fourth-order valence-electron chi connectivity index (χ4n) is 13.4. The van der Waals surface area contributed by atoms with E-state index in [4.69, 9.17) is 28.4 Å². The largest absolute Gasteiger partial charge is 0.394 e. The standard InChI is InChI=1S/C90H151NO18/c1-3-5-7-9-11-13-15-17-19-21-23-25-27-29-31-32-33-34-35-36-37-38-39-40-42-44-46-48-50-52-54-56-58-60-62-64-66-68-78(96)91-73(74(95)67-65-63-61-59-57-55-53-51-49-47-45-43-41-30-28-26-24-22-20-18-16-14-12-10-8-6-4-2)72-104-88-84(102)81(99)86(76(70-93)106-88)109-90-85(103)82(100)87(77(71-94)107-90)108-89-83(101)80(98)79(97)75(69-92)105-89/h5,7,11,13,17,19,23,25,29,31,33-34,36-37,39-40,44,46,50,52,56,58,65,67,73-77,79-90,92-95,97-103H,3-4,6,8-10,12,14-16,18,20-22,24,26-28,30,32,35,38,41-43,45,47-49,51,53-55,57,59-64,66,68-72H2,1-2H3,(H,91,96)/b7-5-,13-11-,19-17-,25-23-,31-29-,34-33-,37-36-,40-39-,46-44-,52-50-,58-56-,67-65+. The summed E-state index contributed by atoms with van der Waals surface area (Å²) in [6.07, 6.45) is 72.6. The first-order valence-electron chi connectivity index (χ1n) is 42.6. The van der Waals surface area contributed by atoms with Gasteiger partial charge in [0.2, 0.25) is 5.91 Å². The third-order valence-corrected chi connectivity index (χ3v) is 20.1. The van der Waals surface area contributed by atoms with Gasteiger partial charge in [-0.1, -0.05) is 320 Å². The number of carbonyl (C=O) groups excluding carboxylic acids is 1. The molecule has 1 amide bonds. The summed E-state index contributed by atoms with van der Waals surface area (Å²) in [6.45, 7) is 1.61. The average Bonchev–Trinajstić information content (AvgIpc) is 0.760. The fourth-order valence-corrected chi connectivity index (χ4v) is 13.4. The van der Waals surface area contributed by atoms with Gasteiger partial charge >= 0.3 is 0 Å². The molecule has 3 rings (SSSR count). The molecule has 3 saturated heterocycles. The molecule has 17 unspecified atom stereocenters. The lowest BCUT2D eigenvalue weighted by molar-refractivity contribution is -0.379. The van der Waals surface area contributed by atoms with Crippen LogP contribution in [0.2, 0.25) is 0 Å². The molecule has 19 heteroatoms. The van der Waals surface area contributed by atoms with E-state index in [-0.39, 0.29) is 18.9 Å². The molecule has 3 heterocycles. The van der Waals surface area contributed by atoms with Gasteiger partial charge in [-0.3, -0.25) is 4.79 Å². The quantitative estimate of drug-likeness (QED) is 0.0199. The SMILES string of the molecule is CC/C=C\C/C=C\C/C=C\C/C=C\C/C=C\C/C=C\C/C=C\C/C=C\C/C=C\C/C=C\C/C=C\CCCCCC(=O)NC(COC1OC(CO)C(OC2OC(CO)C(OC3OC(CO)C(O)C(O)C3O)C(O)C2O)C(O)C1O)C(O)/C=C/CCCCCCCCCCCCCCCCCCCCCCCCCCC. The molecule has 0 spiro atoms. The normalized spacial score (nSPS) is 26.0. The molecule has 3 aliphatic heterocycles. The summed E-state index contributed by atoms with van der Waals surface area (Å²) >= 11 is 0. The van der Waals surface area contributed by atoms with E-state index in [0.29, 0.717) is 6.42 Å². The van der Waals surface area contributed by atoms with Crippen LogP contribution < -0.4 is 5.32 Å². The van der Waals surface area contributed by atoms with E-state index in [1.165, 1.54) is 141 Å². The summed E-state index contributed by atoms with van der Waals surface area (Å²) < 4.78 is 34.5. The Morgan fingerprint density at radius 3 is 0.991 bits per heavy atom. The zero-order valence-electron chi connectivity index (χ0n) is 67.0. The molecule has 0 aromatic rings. The molecule has 0 aromatic carbocycles. The maximum atomic E-state index is 13.5. The molecule has 109 heavy (non-hydrogen) atoms. The van der Waals surface area contributed by atoms with Crippen LogP contribution in [0.25, 0.3) is 0 Å². The predicted octanol–water partition coefficient (Wildman–Crippen LogP) is 15.4. The molecule has 0 bridgehead atoms. The van der Waals surface area contributed by atoms with Gasteiger partial charge in [0, 0.05) is 6.42 Å². The Labute approximate surface area is 657 Å². The maximum absolute atomic E-state index is 13.5. The fraction of sp³-hybridized carbons (Fsp3) is 0.722. The second-order valence-electron chi connectivity index (χ2n) is 29.6. The lowest BCUT2D eigenvalue weighted by Crippen LogP contribution is -2.66. The first kappa shape index (κ1) is 98.9. The van der Waals surface area contributed by atoms with Crippen LogP contribution in [0.15, 0.2) is 146 Å². The third-order valence-electron chi connectivity index (χ3n) is 20.1. The van der Waals surface area contributed by atoms with Gasteiger partial charge in [0.1, 0.15) is 73.2 Å². The summed E-state index contributed by atoms with van der Waals surface area (Å²) in [5, 5.41) is 121. The van der Waals surface area contributed by atoms with Crippen molar-refractivity contribution in [3.8, 4) is 0 Å². The van der Waals surface area contributed by atoms with Crippen molar-refractivity contribution >= 4 is 5.91 Å². The van der Waals surface area contributed by atoms with Crippen molar-refractivity contribution in [2.45, 2.75) is 388 Å². The first-order valence-corrected chi connectivity index (χ1v) is 42.6. The van der Waals surface area contributed by atoms with E-state index < -0.39 is 124 Å². The van der Waals surface area contributed by atoms with Crippen molar-refractivity contribution in [3.05, 3.63) is 146 Å². The summed E-state index contributed by atoms with van der Waals surface area (Å²) in [5.41, 5.74) is 0. The van der Waals surface area contributed by atoms with Crippen molar-refractivity contribution < 1.29 is 89.4 Å². The predicted molar refractivity (Wildman–Crippen MR) is 438 cm³/mol. The van der Waals surface area contributed by atoms with Crippen LogP contribution in [0, 0.1) is 0 Å². The van der Waals surface area contributed by atoms with Crippen molar-refractivity contribution in [2.75, 3.05) is 26.4 Å². The summed E-state index contributed by atoms with van der Waals surface area (Å²) in [4.78, 5) is 13.5. The lowest BCUT2D eigenvalue weighted by atomic mass is 9.96. The number of rotatable bonds is 66. The number of aliphatic hydroxyl groups is 11. The van der Waals surface area contributed by atoms with Gasteiger partial charge in [0.05, 0.1) is 38.6 Å². The molecular formula is C90H151NO18. The van der Waals surface area contributed by atoms with Gasteiger partial charge in [0.15, 0.2) is 18.9 Å². The van der Waals surface area contributed by atoms with Crippen LogP contribution in [-0.4, -0.2) is 193 Å². The second kappa shape index (κ2) is 68.1. The summed E-state index contributed by atoms with van der Waals surface area (Å²) in [6, 6.07) is -1.00. The molecule has 19 nitrogen and oxygen atoms in total. The van der Waals surface area contributed by atoms with Gasteiger partial charge < -0.3 is 89.9 Å². The van der Waals surface area contributed by atoms with E-state index >= 15 is 0 Å². The van der Waals surface area contributed by atoms with Crippen LogP contribution in [0.1, 0.15) is 284 Å². The highest BCUT2D eigenvalue weighted by molar-refractivity contribution is 5.76. The number of unbranched alkanes of at least 4 members (excludes halogenated alkanes) is 28. The summed E-state index contributed by atoms with van der Waals surface area (Å²) in [7, 11) is 0. The Hall–Kier alpha value is -4.33. The summed E-state index contributed by atoms with van der Waals surface area (Å²) in [5.74, 6) is -0.310. The minimum Gasteiger partial charge on any atom is -0.394 e. The van der Waals surface area contributed by atoms with Gasteiger partial charge in [0.25, 0.3) is 0 Å². The van der Waals surface area contributed by atoms with E-state index in [1.54, 1.807) is 6.08 Å². The van der Waals surface area contributed by atoms with Crippen LogP contribution in [0.4, 0.5) is 0 Å². The molecule has 3 aliphatic rings. The molecule has 624 valence electrons. The van der Waals surface area contributed by atoms with Crippen LogP contribution in [-0.2, 0) is 33.2 Å². The van der Waals surface area contributed by atoms with Crippen molar-refractivity contribution in [2.24, 2.45) is 0 Å². The number of carbonyl (C=O) groups is 1. The third kappa shape index (κ3) is 47.2. The van der Waals surface area contributed by atoms with E-state index in [1.807, 2.05) is 6.08 Å². The second-order valence-corrected chi connectivity index (χ2v) is 29.6. The van der Waals surface area contributed by atoms with E-state index in [2.05, 4.69) is 153 Å². The Kier molecular flexibility index (Phi) is 61.8. The lowest BCUT2D eigenvalue weighted by Gasteiger charge is -2.48.